The van der Waals surface area contributed by atoms with Crippen LogP contribution in [0.25, 0.3) is 0 Å². The maximum absolute atomic E-state index is 14.3. The molecule has 7 heteroatoms. The Morgan fingerprint density at radius 2 is 1.04 bits per heavy atom. The second kappa shape index (κ2) is 16.0. The molecule has 0 aliphatic heterocycles. The van der Waals surface area contributed by atoms with E-state index >= 15 is 0 Å². The molecule has 3 rings (SSSR count). The van der Waals surface area contributed by atoms with Crippen molar-refractivity contribution >= 4 is 20.3 Å². The summed E-state index contributed by atoms with van der Waals surface area (Å²) in [6.45, 7) is 22.9. The number of carbonyl (C=O) groups is 2. The summed E-state index contributed by atoms with van der Waals surface area (Å²) in [5, 5.41) is 3.90. The van der Waals surface area contributed by atoms with E-state index in [9.17, 15) is 9.59 Å². The predicted octanol–water partition coefficient (Wildman–Crippen LogP) is 9.43. The minimum absolute atomic E-state index is 0.0823. The summed E-state index contributed by atoms with van der Waals surface area (Å²) >= 11 is 0. The van der Waals surface area contributed by atoms with Crippen molar-refractivity contribution in [2.45, 2.75) is 122 Å². The van der Waals surface area contributed by atoms with E-state index in [4.69, 9.17) is 13.9 Å². The first-order valence-corrected chi connectivity index (χ1v) is 20.2. The van der Waals surface area contributed by atoms with Crippen LogP contribution in [0.2, 0.25) is 18.1 Å². The van der Waals surface area contributed by atoms with Crippen LogP contribution in [0, 0.1) is 5.92 Å². The van der Waals surface area contributed by atoms with E-state index in [1.807, 2.05) is 96.1 Å². The van der Waals surface area contributed by atoms with Gasteiger partial charge in [-0.3, -0.25) is 14.9 Å². The van der Waals surface area contributed by atoms with Crippen LogP contribution in [0.1, 0.15) is 98.3 Å². The van der Waals surface area contributed by atoms with Gasteiger partial charge in [-0.1, -0.05) is 112 Å². The normalized spacial score (nSPS) is 14.2. The van der Waals surface area contributed by atoms with E-state index in [-0.39, 0.29) is 17.4 Å². The minimum Gasteiger partial charge on any atom is -0.460 e. The van der Waals surface area contributed by atoms with Crippen molar-refractivity contribution < 1.29 is 23.5 Å². The van der Waals surface area contributed by atoms with Crippen LogP contribution in [-0.4, -0.2) is 44.1 Å². The zero-order chi connectivity index (χ0) is 35.8. The number of rotatable bonds is 14. The van der Waals surface area contributed by atoms with Gasteiger partial charge in [0.25, 0.3) is 0 Å². The number of benzene rings is 3. The summed E-state index contributed by atoms with van der Waals surface area (Å²) in [5.74, 6) is -1.31. The zero-order valence-electron chi connectivity index (χ0n) is 31.2. The van der Waals surface area contributed by atoms with Crippen molar-refractivity contribution in [3.05, 3.63) is 108 Å². The molecule has 0 radical (unpaired) electrons. The third-order valence-electron chi connectivity index (χ3n) is 8.93. The average Bonchev–Trinajstić information content (AvgIpc) is 2.99. The van der Waals surface area contributed by atoms with Crippen LogP contribution in [0.4, 0.5) is 0 Å². The molecular formula is C41H59NO5Si. The van der Waals surface area contributed by atoms with Crippen LogP contribution in [0.3, 0.4) is 0 Å². The molecule has 262 valence electrons. The van der Waals surface area contributed by atoms with E-state index in [0.29, 0.717) is 19.4 Å². The van der Waals surface area contributed by atoms with Gasteiger partial charge < -0.3 is 13.9 Å². The molecule has 0 fully saturated rings. The van der Waals surface area contributed by atoms with Gasteiger partial charge in [0.15, 0.2) is 8.32 Å². The standard InChI is InChI=1S/C41H59NO5Si/c1-38(2,3)46-36(43)31(22-21-29-45-48(10,11)40(7,8)9)30-35(37(44)47-39(4,5)6)42-41(32-23-15-12-16-24-32,33-25-17-13-18-26-33)34-27-19-14-20-28-34/h12-20,23-28,31,35,42H,21-22,29-30H2,1-11H3/t31-,35-/m0/s1. The summed E-state index contributed by atoms with van der Waals surface area (Å²) in [6.07, 6.45) is 1.37. The van der Waals surface area contributed by atoms with Crippen molar-refractivity contribution in [1.29, 1.82) is 0 Å². The molecule has 0 aliphatic carbocycles. The average molecular weight is 674 g/mol. The molecule has 6 nitrogen and oxygen atoms in total. The van der Waals surface area contributed by atoms with Crippen LogP contribution in [0.5, 0.6) is 0 Å². The second-order valence-corrected chi connectivity index (χ2v) is 21.1. The molecule has 0 saturated carbocycles. The maximum Gasteiger partial charge on any atom is 0.323 e. The largest absolute Gasteiger partial charge is 0.460 e. The Labute approximate surface area is 291 Å². The van der Waals surface area contributed by atoms with Crippen LogP contribution in [0.15, 0.2) is 91.0 Å². The Kier molecular flexibility index (Phi) is 13.0. The zero-order valence-corrected chi connectivity index (χ0v) is 32.2. The number of hydrogen-bond acceptors (Lipinski definition) is 6. The fraction of sp³-hybridized carbons (Fsp3) is 0.512. The third kappa shape index (κ3) is 10.9. The Hall–Kier alpha value is -3.26. The Balaban J connectivity index is 2.12. The first-order valence-electron chi connectivity index (χ1n) is 17.3. The van der Waals surface area contributed by atoms with E-state index < -0.39 is 43.0 Å². The van der Waals surface area contributed by atoms with Crippen molar-refractivity contribution in [2.75, 3.05) is 6.61 Å². The molecule has 0 spiro atoms. The number of esters is 2. The lowest BCUT2D eigenvalue weighted by atomic mass is 9.76. The molecular weight excluding hydrogens is 615 g/mol. The highest BCUT2D eigenvalue weighted by Crippen LogP contribution is 2.39. The topological polar surface area (TPSA) is 73.9 Å². The Bertz CT molecular complexity index is 1340. The van der Waals surface area contributed by atoms with Crippen molar-refractivity contribution in [2.24, 2.45) is 5.92 Å². The van der Waals surface area contributed by atoms with Crippen molar-refractivity contribution in [1.82, 2.24) is 5.32 Å². The van der Waals surface area contributed by atoms with Crippen LogP contribution < -0.4 is 5.32 Å². The number of nitrogens with one attached hydrogen (secondary N) is 1. The van der Waals surface area contributed by atoms with Crippen LogP contribution >= 0.6 is 0 Å². The van der Waals surface area contributed by atoms with Gasteiger partial charge in [0, 0.05) is 6.61 Å². The summed E-state index contributed by atoms with van der Waals surface area (Å²) in [7, 11) is -1.97. The lowest BCUT2D eigenvalue weighted by Crippen LogP contribution is -2.54. The molecule has 3 aromatic rings. The van der Waals surface area contributed by atoms with Gasteiger partial charge in [0.2, 0.25) is 0 Å². The van der Waals surface area contributed by atoms with Crippen LogP contribution in [-0.2, 0) is 29.0 Å². The van der Waals surface area contributed by atoms with Gasteiger partial charge >= 0.3 is 11.9 Å². The van der Waals surface area contributed by atoms with E-state index in [2.05, 4.69) is 75.6 Å². The SMILES string of the molecule is CC(C)(C)OC(=O)[C@@H](CCCO[Si](C)(C)C(C)(C)C)C[C@H](NC(c1ccccc1)(c1ccccc1)c1ccccc1)C(=O)OC(C)(C)C. The van der Waals surface area contributed by atoms with Gasteiger partial charge in [-0.2, -0.15) is 0 Å². The van der Waals surface area contributed by atoms with Gasteiger partial charge in [-0.25, -0.2) is 0 Å². The number of carbonyl (C=O) groups excluding carboxylic acids is 2. The lowest BCUT2D eigenvalue weighted by Gasteiger charge is -2.40. The summed E-state index contributed by atoms with van der Waals surface area (Å²) in [4.78, 5) is 28.2. The van der Waals surface area contributed by atoms with Gasteiger partial charge in [0.1, 0.15) is 17.2 Å². The predicted molar refractivity (Wildman–Crippen MR) is 198 cm³/mol. The smallest absolute Gasteiger partial charge is 0.323 e. The molecule has 48 heavy (non-hydrogen) atoms. The Morgan fingerprint density at radius 3 is 1.42 bits per heavy atom. The monoisotopic (exact) mass is 673 g/mol. The molecule has 3 aromatic carbocycles. The molecule has 0 bridgehead atoms. The molecule has 0 unspecified atom stereocenters. The summed E-state index contributed by atoms with van der Waals surface area (Å²) in [6, 6.07) is 29.6. The molecule has 0 aromatic heterocycles. The summed E-state index contributed by atoms with van der Waals surface area (Å²) < 4.78 is 18.5. The molecule has 0 saturated heterocycles. The minimum atomic E-state index is -1.97. The van der Waals surface area contributed by atoms with Crippen molar-refractivity contribution in [3.8, 4) is 0 Å². The third-order valence-corrected chi connectivity index (χ3v) is 13.5. The Morgan fingerprint density at radius 1 is 0.646 bits per heavy atom. The van der Waals surface area contributed by atoms with E-state index in [0.717, 1.165) is 16.7 Å². The van der Waals surface area contributed by atoms with Crippen molar-refractivity contribution in [3.63, 3.8) is 0 Å². The van der Waals surface area contributed by atoms with E-state index in [1.165, 1.54) is 0 Å². The quantitative estimate of drug-likeness (QED) is 0.0796. The second-order valence-electron chi connectivity index (χ2n) is 16.3. The number of hydrogen-bond donors (Lipinski definition) is 1. The summed E-state index contributed by atoms with van der Waals surface area (Å²) in [5.41, 5.74) is 0.552. The van der Waals surface area contributed by atoms with Gasteiger partial charge in [-0.15, -0.1) is 0 Å². The molecule has 0 heterocycles. The highest BCUT2D eigenvalue weighted by molar-refractivity contribution is 6.74. The fourth-order valence-corrected chi connectivity index (χ4v) is 6.63. The van der Waals surface area contributed by atoms with E-state index in [1.54, 1.807) is 0 Å². The fourth-order valence-electron chi connectivity index (χ4n) is 5.54. The molecule has 0 amide bonds. The first-order chi connectivity index (χ1) is 22.3. The highest BCUT2D eigenvalue weighted by Gasteiger charge is 2.43. The molecule has 1 N–H and O–H groups in total. The van der Waals surface area contributed by atoms with Gasteiger partial charge in [0.05, 0.1) is 11.5 Å². The first kappa shape index (κ1) is 39.2. The maximum atomic E-state index is 14.3. The lowest BCUT2D eigenvalue weighted by molar-refractivity contribution is -0.163. The highest BCUT2D eigenvalue weighted by atomic mass is 28.4. The molecule has 0 aliphatic rings. The van der Waals surface area contributed by atoms with Gasteiger partial charge in [-0.05, 0) is 95.6 Å². The molecule has 2 atom stereocenters. The number of ether oxygens (including phenoxy) is 2.